The Morgan fingerprint density at radius 3 is 2.65 bits per heavy atom. The number of nitrogens with one attached hydrogen (secondary N) is 1. The minimum absolute atomic E-state index is 0.160. The molecule has 1 heterocycles. The number of primary amides is 1. The Morgan fingerprint density at radius 2 is 2.04 bits per heavy atom. The number of anilines is 1. The van der Waals surface area contributed by atoms with Crippen LogP contribution in [0.5, 0.6) is 0 Å². The van der Waals surface area contributed by atoms with E-state index in [0.717, 1.165) is 37.9 Å². The lowest BCUT2D eigenvalue weighted by molar-refractivity contribution is -0.113. The highest BCUT2D eigenvalue weighted by Gasteiger charge is 2.26. The monoisotopic (exact) mass is 371 g/mol. The van der Waals surface area contributed by atoms with E-state index in [0.29, 0.717) is 14.9 Å². The fourth-order valence-electron chi connectivity index (χ4n) is 2.62. The number of nitrogens with two attached hydrogens (primary N) is 1. The lowest BCUT2D eigenvalue weighted by atomic mass is 10.1. The molecule has 0 aromatic carbocycles. The van der Waals surface area contributed by atoms with Crippen molar-refractivity contribution >= 4 is 56.5 Å². The summed E-state index contributed by atoms with van der Waals surface area (Å²) in [5.41, 5.74) is 7.00. The van der Waals surface area contributed by atoms with E-state index in [1.807, 2.05) is 18.7 Å². The van der Waals surface area contributed by atoms with Gasteiger partial charge in [-0.2, -0.15) is 0 Å². The number of hydrogen-bond acceptors (Lipinski definition) is 5. The van der Waals surface area contributed by atoms with E-state index in [9.17, 15) is 9.59 Å². The van der Waals surface area contributed by atoms with Crippen molar-refractivity contribution in [3.05, 3.63) is 16.0 Å². The second-order valence-corrected chi connectivity index (χ2v) is 7.92. The summed E-state index contributed by atoms with van der Waals surface area (Å²) < 4.78 is 0.717. The summed E-state index contributed by atoms with van der Waals surface area (Å²) >= 11 is 8.12. The molecule has 0 aliphatic heterocycles. The first-order valence-electron chi connectivity index (χ1n) is 7.63. The fraction of sp³-hybridized carbons (Fsp3) is 0.533. The summed E-state index contributed by atoms with van der Waals surface area (Å²) in [6.45, 7) is 5.71. The van der Waals surface area contributed by atoms with Gasteiger partial charge >= 0.3 is 0 Å². The van der Waals surface area contributed by atoms with E-state index in [4.69, 9.17) is 18.0 Å². The second-order valence-electron chi connectivity index (χ2n) is 5.20. The predicted molar refractivity (Wildman–Crippen MR) is 101 cm³/mol. The third-order valence-corrected chi connectivity index (χ3v) is 6.50. The molecule has 0 unspecified atom stereocenters. The molecular weight excluding hydrogens is 350 g/mol. The van der Waals surface area contributed by atoms with Gasteiger partial charge in [0.2, 0.25) is 5.91 Å². The molecule has 126 valence electrons. The van der Waals surface area contributed by atoms with Crippen molar-refractivity contribution in [1.82, 2.24) is 4.90 Å². The standard InChI is InChI=1S/C15H21N3O2S3/c1-3-18(4-2)15(21)22-8-11(19)17-14-12(13(16)20)9-6-5-7-10(9)23-14/h3-8H2,1-2H3,(H2,16,20)(H,17,19). The zero-order valence-electron chi connectivity index (χ0n) is 13.3. The number of nitrogens with zero attached hydrogens (tertiary/aromatic N) is 1. The van der Waals surface area contributed by atoms with E-state index in [1.54, 1.807) is 0 Å². The number of thiocarbonyl (C=S) groups is 1. The Bertz CT molecular complexity index is 624. The second kappa shape index (κ2) is 8.12. The van der Waals surface area contributed by atoms with E-state index < -0.39 is 5.91 Å². The molecule has 1 aromatic rings. The SMILES string of the molecule is CCN(CC)C(=S)SCC(=O)Nc1sc2c(c1C(N)=O)CCC2. The number of fused-ring (bicyclic) bond motifs is 1. The van der Waals surface area contributed by atoms with Crippen LogP contribution in [0.25, 0.3) is 0 Å². The molecule has 1 aliphatic rings. The van der Waals surface area contributed by atoms with Crippen molar-refractivity contribution in [2.75, 3.05) is 24.2 Å². The topological polar surface area (TPSA) is 75.4 Å². The van der Waals surface area contributed by atoms with Crippen molar-refractivity contribution in [2.45, 2.75) is 33.1 Å². The number of hydrogen-bond donors (Lipinski definition) is 2. The van der Waals surface area contributed by atoms with Crippen LogP contribution in [0.4, 0.5) is 5.00 Å². The predicted octanol–water partition coefficient (Wildman–Crippen LogP) is 2.63. The summed E-state index contributed by atoms with van der Waals surface area (Å²) in [4.78, 5) is 27.1. The van der Waals surface area contributed by atoms with Crippen LogP contribution in [0.15, 0.2) is 0 Å². The molecule has 0 radical (unpaired) electrons. The molecule has 0 atom stereocenters. The van der Waals surface area contributed by atoms with E-state index in [1.165, 1.54) is 28.0 Å². The van der Waals surface area contributed by atoms with Gasteiger partial charge in [0.15, 0.2) is 0 Å². The molecule has 2 rings (SSSR count). The number of thiophene rings is 1. The summed E-state index contributed by atoms with van der Waals surface area (Å²) in [5.74, 6) is -0.395. The number of rotatable bonds is 6. The van der Waals surface area contributed by atoms with Gasteiger partial charge in [-0.1, -0.05) is 24.0 Å². The Hall–Kier alpha value is -1.12. The summed E-state index contributed by atoms with van der Waals surface area (Å²) in [5, 5.41) is 3.42. The zero-order valence-corrected chi connectivity index (χ0v) is 15.8. The van der Waals surface area contributed by atoms with Crippen LogP contribution in [0, 0.1) is 0 Å². The highest BCUT2D eigenvalue weighted by molar-refractivity contribution is 8.23. The molecule has 0 saturated heterocycles. The van der Waals surface area contributed by atoms with Gasteiger partial charge in [-0.25, -0.2) is 0 Å². The van der Waals surface area contributed by atoms with Gasteiger partial charge in [-0.3, -0.25) is 9.59 Å². The Morgan fingerprint density at radius 1 is 1.35 bits per heavy atom. The van der Waals surface area contributed by atoms with Crippen molar-refractivity contribution in [3.8, 4) is 0 Å². The zero-order chi connectivity index (χ0) is 17.0. The maximum Gasteiger partial charge on any atom is 0.251 e. The number of carbonyl (C=O) groups excluding carboxylic acids is 2. The molecule has 0 spiro atoms. The normalized spacial score (nSPS) is 12.8. The highest BCUT2D eigenvalue weighted by Crippen LogP contribution is 2.38. The van der Waals surface area contributed by atoms with Crippen LogP contribution >= 0.6 is 35.3 Å². The lowest BCUT2D eigenvalue weighted by Gasteiger charge is -2.20. The third-order valence-electron chi connectivity index (χ3n) is 3.77. The molecule has 3 N–H and O–H groups in total. The van der Waals surface area contributed by atoms with Gasteiger partial charge in [0.1, 0.15) is 9.32 Å². The van der Waals surface area contributed by atoms with Crippen molar-refractivity contribution < 1.29 is 9.59 Å². The van der Waals surface area contributed by atoms with Crippen molar-refractivity contribution in [3.63, 3.8) is 0 Å². The number of carbonyl (C=O) groups is 2. The minimum Gasteiger partial charge on any atom is -0.365 e. The quantitative estimate of drug-likeness (QED) is 0.752. The lowest BCUT2D eigenvalue weighted by Crippen LogP contribution is -2.28. The molecule has 5 nitrogen and oxygen atoms in total. The maximum atomic E-state index is 12.2. The fourth-order valence-corrected chi connectivity index (χ4v) is 5.13. The van der Waals surface area contributed by atoms with Gasteiger partial charge in [0, 0.05) is 18.0 Å². The third kappa shape index (κ3) is 4.24. The molecule has 0 saturated carbocycles. The average Bonchev–Trinajstić information content (AvgIpc) is 3.06. The number of amides is 2. The van der Waals surface area contributed by atoms with Crippen LogP contribution in [0.3, 0.4) is 0 Å². The van der Waals surface area contributed by atoms with Crippen LogP contribution in [-0.4, -0.2) is 39.9 Å². The molecule has 1 aromatic heterocycles. The van der Waals surface area contributed by atoms with Crippen LogP contribution in [-0.2, 0) is 17.6 Å². The Kier molecular flexibility index (Phi) is 6.43. The van der Waals surface area contributed by atoms with Gasteiger partial charge in [-0.15, -0.1) is 11.3 Å². The largest absolute Gasteiger partial charge is 0.365 e. The average molecular weight is 372 g/mol. The number of aryl methyl sites for hydroxylation is 1. The molecule has 1 aliphatic carbocycles. The Labute approximate surface area is 150 Å². The first-order chi connectivity index (χ1) is 11.0. The van der Waals surface area contributed by atoms with E-state index in [-0.39, 0.29) is 11.7 Å². The van der Waals surface area contributed by atoms with Gasteiger partial charge in [0.05, 0.1) is 11.3 Å². The first kappa shape index (κ1) is 18.2. The number of thioether (sulfide) groups is 1. The molecule has 0 fully saturated rings. The molecular formula is C15H21N3O2S3. The van der Waals surface area contributed by atoms with Crippen LogP contribution < -0.4 is 11.1 Å². The van der Waals surface area contributed by atoms with Crippen LogP contribution in [0.2, 0.25) is 0 Å². The van der Waals surface area contributed by atoms with E-state index in [2.05, 4.69) is 5.32 Å². The minimum atomic E-state index is -0.467. The molecule has 8 heteroatoms. The Balaban J connectivity index is 1.99. The van der Waals surface area contributed by atoms with Crippen LogP contribution in [0.1, 0.15) is 41.1 Å². The van der Waals surface area contributed by atoms with E-state index >= 15 is 0 Å². The molecule has 0 bridgehead atoms. The van der Waals surface area contributed by atoms with Gasteiger partial charge in [0.25, 0.3) is 5.91 Å². The smallest absolute Gasteiger partial charge is 0.251 e. The molecule has 2 amide bonds. The van der Waals surface area contributed by atoms with Gasteiger partial charge < -0.3 is 16.0 Å². The summed E-state index contributed by atoms with van der Waals surface area (Å²) in [6.07, 6.45) is 2.86. The van der Waals surface area contributed by atoms with Crippen molar-refractivity contribution in [1.29, 1.82) is 0 Å². The first-order valence-corrected chi connectivity index (χ1v) is 9.84. The van der Waals surface area contributed by atoms with Gasteiger partial charge in [-0.05, 0) is 38.7 Å². The maximum absolute atomic E-state index is 12.2. The molecule has 23 heavy (non-hydrogen) atoms. The van der Waals surface area contributed by atoms with Crippen molar-refractivity contribution in [2.24, 2.45) is 5.73 Å². The summed E-state index contributed by atoms with van der Waals surface area (Å²) in [6, 6.07) is 0. The summed E-state index contributed by atoms with van der Waals surface area (Å²) in [7, 11) is 0. The highest BCUT2D eigenvalue weighted by atomic mass is 32.2.